The molecule has 0 saturated carbocycles. The van der Waals surface area contributed by atoms with Crippen molar-refractivity contribution in [3.8, 4) is 5.75 Å². The Balaban J connectivity index is 2.50. The van der Waals surface area contributed by atoms with Gasteiger partial charge in [0.25, 0.3) is 0 Å². The van der Waals surface area contributed by atoms with Crippen molar-refractivity contribution < 1.29 is 4.74 Å². The molecule has 2 rings (SSSR count). The highest BCUT2D eigenvalue weighted by molar-refractivity contribution is 6.02. The number of aromatic nitrogens is 2. The van der Waals surface area contributed by atoms with Crippen LogP contribution < -0.4 is 4.74 Å². The van der Waals surface area contributed by atoms with Gasteiger partial charge in [-0.3, -0.25) is 4.57 Å². The van der Waals surface area contributed by atoms with Crippen LogP contribution in [0.25, 0.3) is 0 Å². The smallest absolute Gasteiger partial charge is 0.169 e. The van der Waals surface area contributed by atoms with E-state index in [1.165, 1.54) is 0 Å². The number of rotatable bonds is 4. The number of hydrogen-bond acceptors (Lipinski definition) is 4. The van der Waals surface area contributed by atoms with Gasteiger partial charge in [-0.2, -0.15) is 5.10 Å². The van der Waals surface area contributed by atoms with Crippen LogP contribution >= 0.6 is 0 Å². The highest BCUT2D eigenvalue weighted by Gasteiger charge is 2.12. The van der Waals surface area contributed by atoms with Gasteiger partial charge >= 0.3 is 0 Å². The zero-order valence-corrected chi connectivity index (χ0v) is 11.9. The number of allylic oxidation sites excluding steroid dienone is 1. The molecule has 20 heavy (non-hydrogen) atoms. The number of hydrazone groups is 1. The van der Waals surface area contributed by atoms with Gasteiger partial charge in [0.2, 0.25) is 0 Å². The summed E-state index contributed by atoms with van der Waals surface area (Å²) in [5.74, 6) is 1.51. The Morgan fingerprint density at radius 2 is 2.15 bits per heavy atom. The van der Waals surface area contributed by atoms with Gasteiger partial charge in [-0.15, -0.1) is 0 Å². The Bertz CT molecular complexity index is 600. The molecular weight excluding hydrogens is 252 g/mol. The molecule has 0 atom stereocenters. The molecule has 0 fully saturated rings. The third-order valence-corrected chi connectivity index (χ3v) is 2.50. The van der Waals surface area contributed by atoms with Crippen LogP contribution in [0.2, 0.25) is 0 Å². The highest BCUT2D eigenvalue weighted by atomic mass is 16.5. The van der Waals surface area contributed by atoms with E-state index in [0.29, 0.717) is 0 Å². The summed E-state index contributed by atoms with van der Waals surface area (Å²) in [5.41, 5.74) is 0.900. The van der Waals surface area contributed by atoms with E-state index in [-0.39, 0.29) is 0 Å². The van der Waals surface area contributed by atoms with E-state index >= 15 is 0 Å². The fourth-order valence-corrected chi connectivity index (χ4v) is 1.71. The second-order valence-electron chi connectivity index (χ2n) is 4.32. The summed E-state index contributed by atoms with van der Waals surface area (Å²) in [5, 5.41) is 6.28. The second kappa shape index (κ2) is 6.56. The molecule has 0 radical (unpaired) electrons. The summed E-state index contributed by atoms with van der Waals surface area (Å²) in [6.07, 6.45) is 8.79. The summed E-state index contributed by atoms with van der Waals surface area (Å²) in [6.45, 7) is 1.91. The zero-order valence-electron chi connectivity index (χ0n) is 11.9. The van der Waals surface area contributed by atoms with E-state index < -0.39 is 0 Å². The first-order valence-electron chi connectivity index (χ1n) is 6.34. The van der Waals surface area contributed by atoms with E-state index in [9.17, 15) is 0 Å². The molecule has 5 heteroatoms. The van der Waals surface area contributed by atoms with Crippen molar-refractivity contribution >= 4 is 5.84 Å². The number of ether oxygens (including phenoxy) is 1. The maximum absolute atomic E-state index is 5.63. The minimum atomic E-state index is 0.750. The maximum atomic E-state index is 5.63. The molecule has 1 heterocycles. The monoisotopic (exact) mass is 270 g/mol. The number of nitrogens with zero attached hydrogens (tertiary/aromatic N) is 4. The molecular formula is C15H18N4O. The van der Waals surface area contributed by atoms with Gasteiger partial charge in [-0.25, -0.2) is 4.98 Å². The topological polar surface area (TPSA) is 42.6 Å². The van der Waals surface area contributed by atoms with Gasteiger partial charge in [0.1, 0.15) is 12.1 Å². The normalized spacial score (nSPS) is 11.8. The molecule has 0 aliphatic heterocycles. The van der Waals surface area contributed by atoms with Crippen molar-refractivity contribution in [1.29, 1.82) is 0 Å². The average Bonchev–Trinajstić information content (AvgIpc) is 2.97. The van der Waals surface area contributed by atoms with Gasteiger partial charge < -0.3 is 9.75 Å². The first kappa shape index (κ1) is 13.9. The molecule has 0 N–H and O–H groups in total. The van der Waals surface area contributed by atoms with Crippen molar-refractivity contribution in [2.45, 2.75) is 6.92 Å². The summed E-state index contributed by atoms with van der Waals surface area (Å²) in [6, 6.07) is 7.78. The minimum absolute atomic E-state index is 0.750. The molecule has 0 spiro atoms. The van der Waals surface area contributed by atoms with Crippen LogP contribution in [0.4, 0.5) is 0 Å². The fourth-order valence-electron chi connectivity index (χ4n) is 1.71. The van der Waals surface area contributed by atoms with Crippen molar-refractivity contribution in [2.75, 3.05) is 14.1 Å². The number of para-hydroxylation sites is 1. The molecule has 5 nitrogen and oxygen atoms in total. The predicted molar refractivity (Wildman–Crippen MR) is 79.7 cm³/mol. The molecule has 2 aromatic rings. The van der Waals surface area contributed by atoms with Crippen LogP contribution in [0.5, 0.6) is 5.75 Å². The zero-order chi connectivity index (χ0) is 14.4. The second-order valence-corrected chi connectivity index (χ2v) is 4.32. The third-order valence-electron chi connectivity index (χ3n) is 2.50. The van der Waals surface area contributed by atoms with Crippen LogP contribution in [0.1, 0.15) is 12.5 Å². The van der Waals surface area contributed by atoms with Crippen LogP contribution in [0.3, 0.4) is 0 Å². The first-order valence-corrected chi connectivity index (χ1v) is 6.34. The lowest BCUT2D eigenvalue weighted by molar-refractivity contribution is 0.434. The minimum Gasteiger partial charge on any atom is -0.465 e. The molecule has 1 aromatic carbocycles. The number of hydrogen-bond donors (Lipinski definition) is 0. The quantitative estimate of drug-likeness (QED) is 0.371. The Kier molecular flexibility index (Phi) is 4.55. The van der Waals surface area contributed by atoms with Crippen LogP contribution in [0.15, 0.2) is 60.4 Å². The molecule has 0 bridgehead atoms. The Labute approximate surface area is 118 Å². The van der Waals surface area contributed by atoms with Gasteiger partial charge in [0, 0.05) is 26.5 Å². The van der Waals surface area contributed by atoms with E-state index in [4.69, 9.17) is 4.74 Å². The lowest BCUT2D eigenvalue weighted by Gasteiger charge is -2.14. The third kappa shape index (κ3) is 3.26. The Hall–Kier alpha value is -2.56. The Morgan fingerprint density at radius 1 is 1.35 bits per heavy atom. The average molecular weight is 270 g/mol. The number of benzene rings is 1. The van der Waals surface area contributed by atoms with Crippen LogP contribution in [-0.2, 0) is 0 Å². The molecule has 0 saturated heterocycles. The fraction of sp³-hybridized carbons (Fsp3) is 0.200. The summed E-state index contributed by atoms with van der Waals surface area (Å²) < 4.78 is 7.49. The van der Waals surface area contributed by atoms with E-state index in [0.717, 1.165) is 17.1 Å². The van der Waals surface area contributed by atoms with Crippen molar-refractivity contribution in [1.82, 2.24) is 14.6 Å². The molecule has 0 aliphatic carbocycles. The van der Waals surface area contributed by atoms with Gasteiger partial charge in [0.15, 0.2) is 5.84 Å². The Morgan fingerprint density at radius 3 is 2.80 bits per heavy atom. The summed E-state index contributed by atoms with van der Waals surface area (Å²) in [4.78, 5) is 4.08. The van der Waals surface area contributed by atoms with E-state index in [2.05, 4.69) is 10.1 Å². The highest BCUT2D eigenvalue weighted by Crippen LogP contribution is 2.20. The van der Waals surface area contributed by atoms with Crippen LogP contribution in [0, 0.1) is 0 Å². The first-order chi connectivity index (χ1) is 9.72. The van der Waals surface area contributed by atoms with Crippen molar-refractivity contribution in [3.63, 3.8) is 0 Å². The van der Waals surface area contributed by atoms with E-state index in [1.807, 2.05) is 62.1 Å². The lowest BCUT2D eigenvalue weighted by Crippen LogP contribution is -2.17. The standard InChI is InChI=1S/C15H18N4O/c1-4-11-20-14-8-6-5-7-13(14)15(17-18(2)3)19-10-9-16-12-19/h4-12H,1-3H3/b11-4-,17-15-. The predicted octanol–water partition coefficient (Wildman–Crippen LogP) is 2.57. The largest absolute Gasteiger partial charge is 0.465 e. The molecule has 0 aliphatic rings. The van der Waals surface area contributed by atoms with Gasteiger partial charge in [-0.05, 0) is 19.1 Å². The summed E-state index contributed by atoms with van der Waals surface area (Å²) >= 11 is 0. The van der Waals surface area contributed by atoms with Gasteiger partial charge in [-0.1, -0.05) is 18.2 Å². The molecule has 104 valence electrons. The number of imidazole rings is 1. The lowest BCUT2D eigenvalue weighted by atomic mass is 10.2. The maximum Gasteiger partial charge on any atom is 0.169 e. The molecule has 0 amide bonds. The van der Waals surface area contributed by atoms with Crippen molar-refractivity contribution in [2.24, 2.45) is 5.10 Å². The van der Waals surface area contributed by atoms with Gasteiger partial charge in [0.05, 0.1) is 11.8 Å². The molecule has 1 aromatic heterocycles. The van der Waals surface area contributed by atoms with E-state index in [1.54, 1.807) is 23.8 Å². The van der Waals surface area contributed by atoms with Crippen molar-refractivity contribution in [3.05, 3.63) is 60.9 Å². The SMILES string of the molecule is C/C=C\Oc1ccccc1/C(=N/N(C)C)n1ccnc1. The summed E-state index contributed by atoms with van der Waals surface area (Å²) in [7, 11) is 3.76. The molecule has 0 unspecified atom stereocenters. The van der Waals surface area contributed by atoms with Crippen LogP contribution in [-0.4, -0.2) is 34.5 Å².